The fourth-order valence-corrected chi connectivity index (χ4v) is 3.76. The number of nitrogens with one attached hydrogen (secondary N) is 2. The minimum absolute atomic E-state index is 0.177. The number of rotatable bonds is 5. The summed E-state index contributed by atoms with van der Waals surface area (Å²) in [5.74, 6) is 0.129. The highest BCUT2D eigenvalue weighted by Crippen LogP contribution is 2.40. The van der Waals surface area contributed by atoms with Gasteiger partial charge in [0.25, 0.3) is 5.91 Å². The zero-order valence-corrected chi connectivity index (χ0v) is 17.1. The normalized spacial score (nSPS) is 15.4. The van der Waals surface area contributed by atoms with Gasteiger partial charge in [-0.1, -0.05) is 6.07 Å². The van der Waals surface area contributed by atoms with Crippen molar-refractivity contribution < 1.29 is 17.9 Å². The summed E-state index contributed by atoms with van der Waals surface area (Å²) in [6, 6.07) is 6.84. The van der Waals surface area contributed by atoms with Gasteiger partial charge in [0.2, 0.25) is 10.0 Å². The van der Waals surface area contributed by atoms with Crippen molar-refractivity contribution in [2.75, 3.05) is 29.5 Å². The molecule has 0 spiro atoms. The Morgan fingerprint density at radius 3 is 2.75 bits per heavy atom. The number of benzene rings is 1. The smallest absolute Gasteiger partial charge is 0.253 e. The fourth-order valence-electron chi connectivity index (χ4n) is 3.19. The van der Waals surface area contributed by atoms with E-state index in [-0.39, 0.29) is 17.8 Å². The van der Waals surface area contributed by atoms with Crippen LogP contribution in [0.15, 0.2) is 36.7 Å². The largest absolute Gasteiger partial charge is 0.484 e. The van der Waals surface area contributed by atoms with Crippen LogP contribution in [0.2, 0.25) is 0 Å². The standard InChI is InChI=1S/C19H24N4O4S/c1-19(2)12-23(3)16-8-14(15(9-17(16)27-19)22-28(4,25)26)18(24)21-11-13-6-5-7-20-10-13/h5-10,22H,11-12H2,1-4H3,(H,21,24). The van der Waals surface area contributed by atoms with Crippen LogP contribution in [-0.4, -0.2) is 44.8 Å². The molecule has 2 aromatic rings. The predicted octanol–water partition coefficient (Wildman–Crippen LogP) is 1.99. The number of likely N-dealkylation sites (N-methyl/N-ethyl adjacent to an activating group) is 1. The first-order valence-corrected chi connectivity index (χ1v) is 10.7. The van der Waals surface area contributed by atoms with Gasteiger partial charge in [-0.2, -0.15) is 0 Å². The molecule has 1 aromatic carbocycles. The molecule has 150 valence electrons. The van der Waals surface area contributed by atoms with E-state index in [0.717, 1.165) is 17.5 Å². The van der Waals surface area contributed by atoms with E-state index in [2.05, 4.69) is 15.0 Å². The van der Waals surface area contributed by atoms with Crippen molar-refractivity contribution in [3.8, 4) is 5.75 Å². The summed E-state index contributed by atoms with van der Waals surface area (Å²) < 4.78 is 32.0. The maximum absolute atomic E-state index is 12.8. The lowest BCUT2D eigenvalue weighted by Crippen LogP contribution is -2.45. The number of aromatic nitrogens is 1. The second-order valence-corrected chi connectivity index (χ2v) is 9.25. The first-order valence-electron chi connectivity index (χ1n) is 8.77. The summed E-state index contributed by atoms with van der Waals surface area (Å²) >= 11 is 0. The van der Waals surface area contributed by atoms with Crippen LogP contribution >= 0.6 is 0 Å². The molecule has 0 fully saturated rings. The van der Waals surface area contributed by atoms with E-state index >= 15 is 0 Å². The third-order valence-electron chi connectivity index (χ3n) is 4.23. The van der Waals surface area contributed by atoms with Crippen LogP contribution in [0.1, 0.15) is 29.8 Å². The molecule has 1 amide bonds. The highest BCUT2D eigenvalue weighted by Gasteiger charge is 2.32. The number of carbonyl (C=O) groups excluding carboxylic acids is 1. The van der Waals surface area contributed by atoms with Gasteiger partial charge in [-0.15, -0.1) is 0 Å². The number of ether oxygens (including phenoxy) is 1. The third-order valence-corrected chi connectivity index (χ3v) is 4.82. The van der Waals surface area contributed by atoms with Gasteiger partial charge in [0.05, 0.1) is 29.7 Å². The van der Waals surface area contributed by atoms with Crippen molar-refractivity contribution in [2.24, 2.45) is 0 Å². The molecule has 3 rings (SSSR count). The minimum Gasteiger partial charge on any atom is -0.484 e. The van der Waals surface area contributed by atoms with Gasteiger partial charge < -0.3 is 15.0 Å². The van der Waals surface area contributed by atoms with Crippen LogP contribution in [0.25, 0.3) is 0 Å². The van der Waals surface area contributed by atoms with E-state index in [4.69, 9.17) is 4.74 Å². The summed E-state index contributed by atoms with van der Waals surface area (Å²) in [6.45, 7) is 4.81. The van der Waals surface area contributed by atoms with E-state index in [1.165, 1.54) is 0 Å². The molecule has 1 aromatic heterocycles. The summed E-state index contributed by atoms with van der Waals surface area (Å²) in [5, 5.41) is 2.81. The number of hydrogen-bond donors (Lipinski definition) is 2. The Bertz CT molecular complexity index is 990. The molecule has 0 atom stereocenters. The molecule has 1 aliphatic heterocycles. The van der Waals surface area contributed by atoms with Crippen LogP contribution in [0.4, 0.5) is 11.4 Å². The third kappa shape index (κ3) is 4.72. The second-order valence-electron chi connectivity index (χ2n) is 7.50. The number of amides is 1. The van der Waals surface area contributed by atoms with Gasteiger partial charge in [-0.05, 0) is 31.5 Å². The molecule has 2 heterocycles. The molecule has 0 bridgehead atoms. The lowest BCUT2D eigenvalue weighted by atomic mass is 10.0. The molecule has 0 radical (unpaired) electrons. The summed E-state index contributed by atoms with van der Waals surface area (Å²) in [7, 11) is -1.67. The number of anilines is 2. The first-order chi connectivity index (χ1) is 13.0. The van der Waals surface area contributed by atoms with Gasteiger partial charge >= 0.3 is 0 Å². The second kappa shape index (κ2) is 7.31. The van der Waals surface area contributed by atoms with E-state index in [0.29, 0.717) is 12.3 Å². The fraction of sp³-hybridized carbons (Fsp3) is 0.368. The Morgan fingerprint density at radius 2 is 2.11 bits per heavy atom. The van der Waals surface area contributed by atoms with Crippen molar-refractivity contribution >= 4 is 27.3 Å². The van der Waals surface area contributed by atoms with E-state index in [1.807, 2.05) is 31.9 Å². The van der Waals surface area contributed by atoms with Gasteiger partial charge in [0.1, 0.15) is 11.4 Å². The van der Waals surface area contributed by atoms with E-state index < -0.39 is 21.5 Å². The molecule has 0 saturated heterocycles. The maximum atomic E-state index is 12.8. The zero-order chi connectivity index (χ0) is 20.5. The number of fused-ring (bicyclic) bond motifs is 1. The topological polar surface area (TPSA) is 101 Å². The van der Waals surface area contributed by atoms with Gasteiger partial charge in [0, 0.05) is 32.1 Å². The Kier molecular flexibility index (Phi) is 5.20. The molecule has 0 aliphatic carbocycles. The Hall–Kier alpha value is -2.81. The summed E-state index contributed by atoms with van der Waals surface area (Å²) in [4.78, 5) is 18.8. The van der Waals surface area contributed by atoms with Crippen molar-refractivity contribution in [3.05, 3.63) is 47.8 Å². The van der Waals surface area contributed by atoms with Gasteiger partial charge in [-0.3, -0.25) is 14.5 Å². The molecule has 28 heavy (non-hydrogen) atoms. The quantitative estimate of drug-likeness (QED) is 0.790. The summed E-state index contributed by atoms with van der Waals surface area (Å²) in [5.41, 5.74) is 1.53. The molecular formula is C19H24N4O4S. The van der Waals surface area contributed by atoms with Crippen LogP contribution in [0, 0.1) is 0 Å². The average Bonchev–Trinajstić information content (AvgIpc) is 2.57. The molecule has 9 heteroatoms. The molecule has 2 N–H and O–H groups in total. The highest BCUT2D eigenvalue weighted by atomic mass is 32.2. The Balaban J connectivity index is 1.96. The van der Waals surface area contributed by atoms with Crippen LogP contribution in [0.5, 0.6) is 5.75 Å². The molecular weight excluding hydrogens is 380 g/mol. The average molecular weight is 404 g/mol. The number of carbonyl (C=O) groups is 1. The van der Waals surface area contributed by atoms with Crippen LogP contribution in [-0.2, 0) is 16.6 Å². The molecule has 8 nitrogen and oxygen atoms in total. The van der Waals surface area contributed by atoms with Gasteiger partial charge in [0.15, 0.2) is 0 Å². The number of pyridine rings is 1. The lowest BCUT2D eigenvalue weighted by molar-refractivity contribution is 0.0951. The van der Waals surface area contributed by atoms with Crippen molar-refractivity contribution in [2.45, 2.75) is 26.0 Å². The van der Waals surface area contributed by atoms with Crippen LogP contribution in [0.3, 0.4) is 0 Å². The predicted molar refractivity (Wildman–Crippen MR) is 108 cm³/mol. The van der Waals surface area contributed by atoms with E-state index in [9.17, 15) is 13.2 Å². The minimum atomic E-state index is -3.58. The highest BCUT2D eigenvalue weighted by molar-refractivity contribution is 7.92. The lowest BCUT2D eigenvalue weighted by Gasteiger charge is -2.39. The molecule has 1 aliphatic rings. The maximum Gasteiger partial charge on any atom is 0.253 e. The number of hydrogen-bond acceptors (Lipinski definition) is 6. The van der Waals surface area contributed by atoms with Crippen LogP contribution < -0.4 is 19.7 Å². The number of nitrogens with zero attached hydrogens (tertiary/aromatic N) is 2. The zero-order valence-electron chi connectivity index (χ0n) is 16.3. The number of sulfonamides is 1. The SMILES string of the molecule is CN1CC(C)(C)Oc2cc(NS(C)(=O)=O)c(C(=O)NCc3cccnc3)cc21. The van der Waals surface area contributed by atoms with E-state index in [1.54, 1.807) is 30.6 Å². The first kappa shape index (κ1) is 19.9. The van der Waals surface area contributed by atoms with Crippen molar-refractivity contribution in [3.63, 3.8) is 0 Å². The Morgan fingerprint density at radius 1 is 1.36 bits per heavy atom. The van der Waals surface area contributed by atoms with Crippen molar-refractivity contribution in [1.29, 1.82) is 0 Å². The Labute approximate surface area is 165 Å². The van der Waals surface area contributed by atoms with Crippen molar-refractivity contribution in [1.82, 2.24) is 10.3 Å². The monoisotopic (exact) mass is 404 g/mol. The summed E-state index contributed by atoms with van der Waals surface area (Å²) in [6.07, 6.45) is 4.35. The molecule has 0 unspecified atom stereocenters. The van der Waals surface area contributed by atoms with Gasteiger partial charge in [-0.25, -0.2) is 8.42 Å². The molecule has 0 saturated carbocycles.